The number of rotatable bonds is 7. The molecule has 2 aromatic rings. The van der Waals surface area contributed by atoms with Crippen LogP contribution in [0.2, 0.25) is 0 Å². The first-order valence-electron chi connectivity index (χ1n) is 6.75. The molecular formula is C16H17NO4. The average molecular weight is 287 g/mol. The fraction of sp³-hybridized carbons (Fsp3) is 0.250. The quantitative estimate of drug-likeness (QED) is 0.818. The van der Waals surface area contributed by atoms with Crippen LogP contribution in [-0.2, 0) is 17.6 Å². The molecule has 0 radical (unpaired) electrons. The topological polar surface area (TPSA) is 79.5 Å². The van der Waals surface area contributed by atoms with E-state index in [4.69, 9.17) is 9.52 Å². The van der Waals surface area contributed by atoms with Crippen LogP contribution in [0.1, 0.15) is 27.9 Å². The van der Waals surface area contributed by atoms with E-state index < -0.39 is 5.97 Å². The van der Waals surface area contributed by atoms with E-state index in [0.717, 1.165) is 11.1 Å². The van der Waals surface area contributed by atoms with Gasteiger partial charge in [-0.05, 0) is 42.2 Å². The number of carbonyl (C=O) groups is 2. The van der Waals surface area contributed by atoms with Gasteiger partial charge in [-0.15, -0.1) is 0 Å². The first kappa shape index (κ1) is 14.8. The standard InChI is InChI=1S/C16H17NO4/c18-15(6-3-13-8-10-21-11-13)17-9-7-12-1-4-14(5-2-12)16(19)20/h1-2,4-5,8,10-11H,3,6-7,9H2,(H,17,18)(H,19,20). The fourth-order valence-corrected chi connectivity index (χ4v) is 1.94. The molecule has 1 heterocycles. The highest BCUT2D eigenvalue weighted by Gasteiger charge is 2.04. The molecular weight excluding hydrogens is 270 g/mol. The fourth-order valence-electron chi connectivity index (χ4n) is 1.94. The van der Waals surface area contributed by atoms with Gasteiger partial charge in [-0.3, -0.25) is 4.79 Å². The van der Waals surface area contributed by atoms with Crippen molar-refractivity contribution in [3.05, 3.63) is 59.5 Å². The number of benzene rings is 1. The van der Waals surface area contributed by atoms with Gasteiger partial charge >= 0.3 is 5.97 Å². The number of hydrogen-bond acceptors (Lipinski definition) is 3. The van der Waals surface area contributed by atoms with Crippen molar-refractivity contribution in [3.8, 4) is 0 Å². The average Bonchev–Trinajstić information content (AvgIpc) is 2.99. The molecule has 0 bridgehead atoms. The highest BCUT2D eigenvalue weighted by molar-refractivity contribution is 5.87. The number of carboxylic acid groups (broad SMARTS) is 1. The van der Waals surface area contributed by atoms with Crippen LogP contribution in [0.15, 0.2) is 47.3 Å². The van der Waals surface area contributed by atoms with Gasteiger partial charge in [0.1, 0.15) is 0 Å². The number of aryl methyl sites for hydroxylation is 1. The van der Waals surface area contributed by atoms with Gasteiger partial charge in [0.05, 0.1) is 18.1 Å². The van der Waals surface area contributed by atoms with Crippen molar-refractivity contribution in [2.75, 3.05) is 6.54 Å². The monoisotopic (exact) mass is 287 g/mol. The van der Waals surface area contributed by atoms with Crippen molar-refractivity contribution in [1.82, 2.24) is 5.32 Å². The molecule has 5 nitrogen and oxygen atoms in total. The normalized spacial score (nSPS) is 10.3. The highest BCUT2D eigenvalue weighted by Crippen LogP contribution is 2.05. The molecule has 0 saturated carbocycles. The van der Waals surface area contributed by atoms with Crippen molar-refractivity contribution in [1.29, 1.82) is 0 Å². The van der Waals surface area contributed by atoms with Gasteiger partial charge in [-0.1, -0.05) is 12.1 Å². The lowest BCUT2D eigenvalue weighted by Crippen LogP contribution is -2.25. The van der Waals surface area contributed by atoms with E-state index >= 15 is 0 Å². The number of aromatic carboxylic acids is 1. The Morgan fingerprint density at radius 2 is 1.81 bits per heavy atom. The summed E-state index contributed by atoms with van der Waals surface area (Å²) in [7, 11) is 0. The molecule has 2 rings (SSSR count). The van der Waals surface area contributed by atoms with Crippen LogP contribution in [0.3, 0.4) is 0 Å². The van der Waals surface area contributed by atoms with Crippen molar-refractivity contribution in [2.24, 2.45) is 0 Å². The van der Waals surface area contributed by atoms with Crippen LogP contribution in [0.4, 0.5) is 0 Å². The molecule has 0 atom stereocenters. The van der Waals surface area contributed by atoms with Gasteiger partial charge < -0.3 is 14.8 Å². The number of amides is 1. The Hall–Kier alpha value is -2.56. The Bertz CT molecular complexity index is 587. The Morgan fingerprint density at radius 3 is 2.43 bits per heavy atom. The molecule has 1 amide bonds. The van der Waals surface area contributed by atoms with Gasteiger partial charge in [0.25, 0.3) is 0 Å². The Kier molecular flexibility index (Phi) is 5.15. The van der Waals surface area contributed by atoms with Gasteiger partial charge in [-0.25, -0.2) is 4.79 Å². The number of carbonyl (C=O) groups excluding carboxylic acids is 1. The lowest BCUT2D eigenvalue weighted by Gasteiger charge is -2.05. The summed E-state index contributed by atoms with van der Waals surface area (Å²) in [6, 6.07) is 8.51. The summed E-state index contributed by atoms with van der Waals surface area (Å²) < 4.78 is 4.94. The summed E-state index contributed by atoms with van der Waals surface area (Å²) in [5.74, 6) is -0.938. The molecule has 0 aliphatic rings. The van der Waals surface area contributed by atoms with Crippen molar-refractivity contribution in [3.63, 3.8) is 0 Å². The van der Waals surface area contributed by atoms with Crippen LogP contribution in [0.25, 0.3) is 0 Å². The molecule has 0 saturated heterocycles. The molecule has 110 valence electrons. The zero-order chi connectivity index (χ0) is 15.1. The van der Waals surface area contributed by atoms with Crippen LogP contribution in [0.5, 0.6) is 0 Å². The Balaban J connectivity index is 1.68. The van der Waals surface area contributed by atoms with Gasteiger partial charge in [0, 0.05) is 13.0 Å². The second-order valence-corrected chi connectivity index (χ2v) is 4.73. The number of nitrogens with one attached hydrogen (secondary N) is 1. The minimum absolute atomic E-state index is 0.00152. The number of carboxylic acids is 1. The smallest absolute Gasteiger partial charge is 0.335 e. The molecule has 0 aliphatic carbocycles. The zero-order valence-electron chi connectivity index (χ0n) is 11.5. The summed E-state index contributed by atoms with van der Waals surface area (Å²) in [6.07, 6.45) is 5.00. The van der Waals surface area contributed by atoms with Gasteiger partial charge in [-0.2, -0.15) is 0 Å². The van der Waals surface area contributed by atoms with Crippen molar-refractivity contribution >= 4 is 11.9 Å². The second-order valence-electron chi connectivity index (χ2n) is 4.73. The number of hydrogen-bond donors (Lipinski definition) is 2. The molecule has 21 heavy (non-hydrogen) atoms. The van der Waals surface area contributed by atoms with Crippen molar-refractivity contribution < 1.29 is 19.1 Å². The third-order valence-corrected chi connectivity index (χ3v) is 3.16. The molecule has 1 aromatic heterocycles. The molecule has 2 N–H and O–H groups in total. The molecule has 0 fully saturated rings. The van der Waals surface area contributed by atoms with E-state index in [1.54, 1.807) is 36.8 Å². The maximum absolute atomic E-state index is 11.7. The first-order chi connectivity index (χ1) is 10.1. The summed E-state index contributed by atoms with van der Waals surface area (Å²) in [6.45, 7) is 0.538. The van der Waals surface area contributed by atoms with E-state index in [0.29, 0.717) is 25.8 Å². The maximum atomic E-state index is 11.7. The van der Waals surface area contributed by atoms with E-state index in [9.17, 15) is 9.59 Å². The lowest BCUT2D eigenvalue weighted by atomic mass is 10.1. The molecule has 5 heteroatoms. The van der Waals surface area contributed by atoms with Crippen LogP contribution in [0, 0.1) is 0 Å². The van der Waals surface area contributed by atoms with E-state index in [1.165, 1.54) is 0 Å². The Morgan fingerprint density at radius 1 is 1.05 bits per heavy atom. The first-order valence-corrected chi connectivity index (χ1v) is 6.75. The summed E-state index contributed by atoms with van der Waals surface area (Å²) in [5, 5.41) is 11.6. The van der Waals surface area contributed by atoms with Crippen LogP contribution >= 0.6 is 0 Å². The minimum Gasteiger partial charge on any atom is -0.478 e. The molecule has 1 aromatic carbocycles. The van der Waals surface area contributed by atoms with Crippen LogP contribution < -0.4 is 5.32 Å². The SMILES string of the molecule is O=C(CCc1ccoc1)NCCc1ccc(C(=O)O)cc1. The summed E-state index contributed by atoms with van der Waals surface area (Å²) >= 11 is 0. The summed E-state index contributed by atoms with van der Waals surface area (Å²) in [4.78, 5) is 22.4. The molecule has 0 aliphatic heterocycles. The van der Waals surface area contributed by atoms with Gasteiger partial charge in [0.15, 0.2) is 0 Å². The van der Waals surface area contributed by atoms with E-state index in [2.05, 4.69) is 5.32 Å². The number of furan rings is 1. The largest absolute Gasteiger partial charge is 0.478 e. The minimum atomic E-state index is -0.936. The van der Waals surface area contributed by atoms with Crippen LogP contribution in [-0.4, -0.2) is 23.5 Å². The maximum Gasteiger partial charge on any atom is 0.335 e. The third-order valence-electron chi connectivity index (χ3n) is 3.16. The summed E-state index contributed by atoms with van der Waals surface area (Å²) in [5.41, 5.74) is 2.27. The zero-order valence-corrected chi connectivity index (χ0v) is 11.5. The lowest BCUT2D eigenvalue weighted by molar-refractivity contribution is -0.121. The van der Waals surface area contributed by atoms with E-state index in [1.807, 2.05) is 6.07 Å². The van der Waals surface area contributed by atoms with Gasteiger partial charge in [0.2, 0.25) is 5.91 Å². The van der Waals surface area contributed by atoms with Crippen molar-refractivity contribution in [2.45, 2.75) is 19.3 Å². The van der Waals surface area contributed by atoms with E-state index in [-0.39, 0.29) is 11.5 Å². The predicted octanol–water partition coefficient (Wildman–Crippen LogP) is 2.27. The second kappa shape index (κ2) is 7.28. The molecule has 0 spiro atoms. The highest BCUT2D eigenvalue weighted by atomic mass is 16.4. The molecule has 0 unspecified atom stereocenters. The predicted molar refractivity (Wildman–Crippen MR) is 77.1 cm³/mol. The third kappa shape index (κ3) is 4.80. The Labute approximate surface area is 122 Å².